The molecule has 1 N–H and O–H groups in total. The number of methoxy groups -OCH3 is 1. The van der Waals surface area contributed by atoms with Crippen LogP contribution in [0.25, 0.3) is 15.9 Å². The lowest BCUT2D eigenvalue weighted by Gasteiger charge is -2.13. The number of aryl methyl sites for hydroxylation is 2. The summed E-state index contributed by atoms with van der Waals surface area (Å²) in [5.74, 6) is 0.488. The number of carbonyl (C=O) groups is 1. The summed E-state index contributed by atoms with van der Waals surface area (Å²) in [6, 6.07) is 12.1. The molecule has 0 saturated heterocycles. The summed E-state index contributed by atoms with van der Waals surface area (Å²) < 4.78 is 6.82. The number of anilines is 1. The summed E-state index contributed by atoms with van der Waals surface area (Å²) in [5, 5.41) is 4.64. The Balaban J connectivity index is 1.70. The van der Waals surface area contributed by atoms with E-state index in [0.29, 0.717) is 42.5 Å². The number of nitrogens with one attached hydrogen (secondary N) is 1. The molecule has 0 bridgehead atoms. The zero-order valence-corrected chi connectivity index (χ0v) is 22.5. The number of fused-ring (bicyclic) bond motifs is 1. The van der Waals surface area contributed by atoms with Gasteiger partial charge in [-0.25, -0.2) is 4.98 Å². The Morgan fingerprint density at radius 2 is 1.91 bits per heavy atom. The van der Waals surface area contributed by atoms with E-state index < -0.39 is 0 Å². The molecular weight excluding hydrogens is 525 g/mol. The average molecular weight is 549 g/mol. The Bertz CT molecular complexity index is 1450. The van der Waals surface area contributed by atoms with E-state index in [4.69, 9.17) is 32.9 Å². The van der Waals surface area contributed by atoms with Gasteiger partial charge in [-0.05, 0) is 61.4 Å². The molecule has 2 heterocycles. The van der Waals surface area contributed by atoms with E-state index in [9.17, 15) is 9.59 Å². The first-order valence-electron chi connectivity index (χ1n) is 10.9. The molecule has 0 fully saturated rings. The molecular formula is C25H23Cl2N3O3S2. The van der Waals surface area contributed by atoms with E-state index in [1.54, 1.807) is 53.3 Å². The molecule has 0 atom stereocenters. The third-order valence-electron chi connectivity index (χ3n) is 5.38. The van der Waals surface area contributed by atoms with Gasteiger partial charge in [-0.3, -0.25) is 14.2 Å². The van der Waals surface area contributed by atoms with E-state index in [1.165, 1.54) is 11.8 Å². The van der Waals surface area contributed by atoms with Gasteiger partial charge < -0.3 is 10.1 Å². The highest BCUT2D eigenvalue weighted by Gasteiger charge is 2.20. The molecule has 0 unspecified atom stereocenters. The van der Waals surface area contributed by atoms with Crippen LogP contribution < -0.4 is 15.6 Å². The number of benzene rings is 2. The summed E-state index contributed by atoms with van der Waals surface area (Å²) >= 11 is 14.7. The third kappa shape index (κ3) is 5.51. The highest BCUT2D eigenvalue weighted by Crippen LogP contribution is 2.31. The van der Waals surface area contributed by atoms with Crippen LogP contribution in [0.3, 0.4) is 0 Å². The van der Waals surface area contributed by atoms with Crippen LogP contribution in [0, 0.1) is 6.92 Å². The van der Waals surface area contributed by atoms with E-state index in [1.807, 2.05) is 19.1 Å². The Labute approximate surface area is 221 Å². The van der Waals surface area contributed by atoms with E-state index in [2.05, 4.69) is 12.2 Å². The maximum absolute atomic E-state index is 13.7. The molecule has 0 aliphatic carbocycles. The maximum atomic E-state index is 13.7. The van der Waals surface area contributed by atoms with Gasteiger partial charge in [0, 0.05) is 10.6 Å². The molecule has 0 aliphatic rings. The molecule has 1 amide bonds. The Kier molecular flexibility index (Phi) is 8.06. The number of halogens is 2. The predicted molar refractivity (Wildman–Crippen MR) is 146 cm³/mol. The zero-order chi connectivity index (χ0) is 25.1. The smallest absolute Gasteiger partial charge is 0.267 e. The molecule has 0 saturated carbocycles. The lowest BCUT2D eigenvalue weighted by molar-refractivity contribution is -0.113. The summed E-state index contributed by atoms with van der Waals surface area (Å²) in [4.78, 5) is 33.0. The molecule has 0 radical (unpaired) electrons. The van der Waals surface area contributed by atoms with Crippen molar-refractivity contribution >= 4 is 68.1 Å². The van der Waals surface area contributed by atoms with Crippen molar-refractivity contribution in [3.05, 3.63) is 73.3 Å². The van der Waals surface area contributed by atoms with Gasteiger partial charge in [0.1, 0.15) is 10.6 Å². The highest BCUT2D eigenvalue weighted by molar-refractivity contribution is 7.99. The Morgan fingerprint density at radius 3 is 2.57 bits per heavy atom. The molecule has 35 heavy (non-hydrogen) atoms. The minimum Gasteiger partial charge on any atom is -0.497 e. The van der Waals surface area contributed by atoms with Crippen LogP contribution in [0.5, 0.6) is 5.75 Å². The molecule has 2 aromatic carbocycles. The molecule has 182 valence electrons. The highest BCUT2D eigenvalue weighted by atomic mass is 35.5. The van der Waals surface area contributed by atoms with Gasteiger partial charge in [-0.1, -0.05) is 48.3 Å². The van der Waals surface area contributed by atoms with Crippen LogP contribution in [0.1, 0.15) is 23.8 Å². The number of thioether (sulfide) groups is 1. The number of amides is 1. The number of ether oxygens (including phenoxy) is 1. The van der Waals surface area contributed by atoms with Gasteiger partial charge in [0.25, 0.3) is 5.56 Å². The molecule has 4 aromatic rings. The zero-order valence-electron chi connectivity index (χ0n) is 19.4. The molecule has 4 rings (SSSR count). The van der Waals surface area contributed by atoms with Crippen molar-refractivity contribution in [1.82, 2.24) is 9.55 Å². The first-order valence-corrected chi connectivity index (χ1v) is 13.4. The summed E-state index contributed by atoms with van der Waals surface area (Å²) in [5.41, 5.74) is 2.02. The summed E-state index contributed by atoms with van der Waals surface area (Å²) in [6.07, 6.45) is 1.88. The first-order chi connectivity index (χ1) is 16.8. The fourth-order valence-electron chi connectivity index (χ4n) is 3.63. The normalized spacial score (nSPS) is 11.1. The standard InChI is InChI=1S/C25H23Cl2N3O3S2/c1-4-5-20-14(2)22-23(35-20)29-25(30(24(22)32)16-7-9-17(33-3)10-8-16)34-13-21(31)28-15-6-11-18(26)19(27)12-15/h6-12H,4-5,13H2,1-3H3,(H,28,31). The van der Waals surface area contributed by atoms with Crippen LogP contribution in [0.2, 0.25) is 10.0 Å². The number of nitrogens with zero attached hydrogens (tertiary/aromatic N) is 2. The van der Waals surface area contributed by atoms with Crippen LogP contribution in [-0.4, -0.2) is 28.3 Å². The molecule has 6 nitrogen and oxygen atoms in total. The van der Waals surface area contributed by atoms with Gasteiger partial charge >= 0.3 is 0 Å². The number of carbonyl (C=O) groups excluding carboxylic acids is 1. The van der Waals surface area contributed by atoms with Crippen LogP contribution in [0.15, 0.2) is 52.4 Å². The summed E-state index contributed by atoms with van der Waals surface area (Å²) in [6.45, 7) is 4.09. The van der Waals surface area contributed by atoms with E-state index in [0.717, 1.165) is 23.3 Å². The lowest BCUT2D eigenvalue weighted by atomic mass is 10.1. The second-order valence-electron chi connectivity index (χ2n) is 7.78. The molecule has 0 aliphatic heterocycles. The van der Waals surface area contributed by atoms with Crippen molar-refractivity contribution < 1.29 is 9.53 Å². The topological polar surface area (TPSA) is 73.2 Å². The monoisotopic (exact) mass is 547 g/mol. The number of rotatable bonds is 8. The van der Waals surface area contributed by atoms with Crippen molar-refractivity contribution in [3.63, 3.8) is 0 Å². The minimum atomic E-state index is -0.252. The van der Waals surface area contributed by atoms with Gasteiger partial charge in [0.05, 0.1) is 34.0 Å². The Morgan fingerprint density at radius 1 is 1.17 bits per heavy atom. The second kappa shape index (κ2) is 11.0. The van der Waals surface area contributed by atoms with Gasteiger partial charge in [0.2, 0.25) is 5.91 Å². The van der Waals surface area contributed by atoms with E-state index >= 15 is 0 Å². The van der Waals surface area contributed by atoms with Gasteiger partial charge in [0.15, 0.2) is 5.16 Å². The quantitative estimate of drug-likeness (QED) is 0.195. The Hall–Kier alpha value is -2.52. The summed E-state index contributed by atoms with van der Waals surface area (Å²) in [7, 11) is 1.59. The fourth-order valence-corrected chi connectivity index (χ4v) is 6.06. The van der Waals surface area contributed by atoms with Crippen LogP contribution >= 0.6 is 46.3 Å². The van der Waals surface area contributed by atoms with Crippen LogP contribution in [0.4, 0.5) is 5.69 Å². The van der Waals surface area contributed by atoms with Crippen molar-refractivity contribution in [2.45, 2.75) is 31.8 Å². The van der Waals surface area contributed by atoms with Crippen LogP contribution in [-0.2, 0) is 11.2 Å². The number of aromatic nitrogens is 2. The predicted octanol–water partition coefficient (Wildman–Crippen LogP) is 6.75. The number of hydrogen-bond acceptors (Lipinski definition) is 6. The fraction of sp³-hybridized carbons (Fsp3) is 0.240. The second-order valence-corrected chi connectivity index (χ2v) is 10.6. The largest absolute Gasteiger partial charge is 0.497 e. The van der Waals surface area contributed by atoms with Gasteiger partial charge in [-0.2, -0.15) is 0 Å². The SMILES string of the molecule is CCCc1sc2nc(SCC(=O)Nc3ccc(Cl)c(Cl)c3)n(-c3ccc(OC)cc3)c(=O)c2c1C. The molecule has 10 heteroatoms. The van der Waals surface area contributed by atoms with Crippen molar-refractivity contribution in [3.8, 4) is 11.4 Å². The van der Waals surface area contributed by atoms with E-state index in [-0.39, 0.29) is 17.2 Å². The minimum absolute atomic E-state index is 0.0561. The average Bonchev–Trinajstić information content (AvgIpc) is 3.16. The number of thiophene rings is 1. The van der Waals surface area contributed by atoms with Gasteiger partial charge in [-0.15, -0.1) is 11.3 Å². The lowest BCUT2D eigenvalue weighted by Crippen LogP contribution is -2.22. The number of hydrogen-bond donors (Lipinski definition) is 1. The first kappa shape index (κ1) is 25.6. The van der Waals surface area contributed by atoms with Crippen molar-refractivity contribution in [2.24, 2.45) is 0 Å². The third-order valence-corrected chi connectivity index (χ3v) is 8.30. The maximum Gasteiger partial charge on any atom is 0.267 e. The molecule has 0 spiro atoms. The van der Waals surface area contributed by atoms with Crippen molar-refractivity contribution in [2.75, 3.05) is 18.2 Å². The molecule has 2 aromatic heterocycles. The van der Waals surface area contributed by atoms with Crippen molar-refractivity contribution in [1.29, 1.82) is 0 Å².